The number of carbonyl (C=O) groups is 1. The van der Waals surface area contributed by atoms with Gasteiger partial charge in [-0.3, -0.25) is 4.79 Å². The Morgan fingerprint density at radius 1 is 1.35 bits per heavy atom. The molecule has 20 heavy (non-hydrogen) atoms. The van der Waals surface area contributed by atoms with Crippen LogP contribution in [0.2, 0.25) is 0 Å². The summed E-state index contributed by atoms with van der Waals surface area (Å²) in [4.78, 5) is 14.2. The van der Waals surface area contributed by atoms with E-state index < -0.39 is 0 Å². The molecule has 0 saturated heterocycles. The Kier molecular flexibility index (Phi) is 3.47. The monoisotopic (exact) mass is 271 g/mol. The lowest BCUT2D eigenvalue weighted by Crippen LogP contribution is -2.32. The van der Waals surface area contributed by atoms with Gasteiger partial charge in [0.2, 0.25) is 5.91 Å². The predicted molar refractivity (Wildman–Crippen MR) is 75.3 cm³/mol. The van der Waals surface area contributed by atoms with Crippen molar-refractivity contribution in [2.75, 3.05) is 18.0 Å². The van der Waals surface area contributed by atoms with Crippen LogP contribution in [-0.4, -0.2) is 34.0 Å². The second-order valence-electron chi connectivity index (χ2n) is 4.87. The highest BCUT2D eigenvalue weighted by atomic mass is 16.2. The first-order valence-corrected chi connectivity index (χ1v) is 6.75. The second kappa shape index (κ2) is 5.42. The molecule has 0 atom stereocenters. The summed E-state index contributed by atoms with van der Waals surface area (Å²) in [5, 5.41) is 7.96. The van der Waals surface area contributed by atoms with Gasteiger partial charge in [-0.05, 0) is 24.6 Å². The molecule has 2 aromatic rings. The van der Waals surface area contributed by atoms with Gasteiger partial charge in [0.05, 0.1) is 5.69 Å². The molecule has 3 rings (SSSR count). The number of para-hydroxylation sites is 1. The van der Waals surface area contributed by atoms with Gasteiger partial charge in [0.15, 0.2) is 0 Å². The summed E-state index contributed by atoms with van der Waals surface area (Å²) >= 11 is 0. The molecule has 0 unspecified atom stereocenters. The van der Waals surface area contributed by atoms with Crippen LogP contribution < -0.4 is 10.6 Å². The number of fused-ring (bicyclic) bond motifs is 1. The first kappa shape index (κ1) is 12.8. The highest BCUT2D eigenvalue weighted by Crippen LogP contribution is 2.27. The van der Waals surface area contributed by atoms with Crippen molar-refractivity contribution in [2.24, 2.45) is 5.73 Å². The highest BCUT2D eigenvalue weighted by molar-refractivity contribution is 5.95. The highest BCUT2D eigenvalue weighted by Gasteiger charge is 2.24. The molecule has 0 radical (unpaired) electrons. The lowest BCUT2D eigenvalue weighted by atomic mass is 10.2. The van der Waals surface area contributed by atoms with Gasteiger partial charge in [-0.2, -0.15) is 0 Å². The number of nitrogens with zero attached hydrogens (tertiary/aromatic N) is 4. The SMILES string of the molecule is NCCc1cn(CC(=O)N2CCc3ccccc32)nn1. The molecule has 0 bridgehead atoms. The van der Waals surface area contributed by atoms with Crippen LogP contribution in [0.1, 0.15) is 11.3 Å². The fourth-order valence-corrected chi connectivity index (χ4v) is 2.50. The molecular formula is C14H17N5O. The molecule has 6 nitrogen and oxygen atoms in total. The summed E-state index contributed by atoms with van der Waals surface area (Å²) in [6, 6.07) is 8.02. The van der Waals surface area contributed by atoms with Crippen molar-refractivity contribution in [1.82, 2.24) is 15.0 Å². The maximum Gasteiger partial charge on any atom is 0.248 e. The number of amides is 1. The van der Waals surface area contributed by atoms with Crippen LogP contribution in [0.3, 0.4) is 0 Å². The number of rotatable bonds is 4. The lowest BCUT2D eigenvalue weighted by molar-refractivity contribution is -0.119. The third kappa shape index (κ3) is 2.42. The fraction of sp³-hybridized carbons (Fsp3) is 0.357. The number of aromatic nitrogens is 3. The van der Waals surface area contributed by atoms with Crippen molar-refractivity contribution < 1.29 is 4.79 Å². The zero-order valence-electron chi connectivity index (χ0n) is 11.2. The van der Waals surface area contributed by atoms with Gasteiger partial charge in [0, 0.05) is 24.8 Å². The van der Waals surface area contributed by atoms with E-state index in [1.54, 1.807) is 10.9 Å². The van der Waals surface area contributed by atoms with Gasteiger partial charge in [-0.25, -0.2) is 4.68 Å². The van der Waals surface area contributed by atoms with Crippen molar-refractivity contribution in [2.45, 2.75) is 19.4 Å². The fourth-order valence-electron chi connectivity index (χ4n) is 2.50. The molecule has 0 aliphatic carbocycles. The molecule has 0 fully saturated rings. The van der Waals surface area contributed by atoms with Crippen molar-refractivity contribution in [3.8, 4) is 0 Å². The van der Waals surface area contributed by atoms with Crippen molar-refractivity contribution in [3.63, 3.8) is 0 Å². The lowest BCUT2D eigenvalue weighted by Gasteiger charge is -2.16. The van der Waals surface area contributed by atoms with Gasteiger partial charge < -0.3 is 10.6 Å². The zero-order chi connectivity index (χ0) is 13.9. The van der Waals surface area contributed by atoms with Gasteiger partial charge in [0.1, 0.15) is 6.54 Å². The van der Waals surface area contributed by atoms with Crippen LogP contribution >= 0.6 is 0 Å². The van der Waals surface area contributed by atoms with Crippen LogP contribution in [0.15, 0.2) is 30.5 Å². The summed E-state index contributed by atoms with van der Waals surface area (Å²) in [5.74, 6) is 0.0409. The Labute approximate surface area is 117 Å². The smallest absolute Gasteiger partial charge is 0.248 e. The molecule has 0 saturated carbocycles. The largest absolute Gasteiger partial charge is 0.330 e. The Morgan fingerprint density at radius 2 is 2.20 bits per heavy atom. The first-order valence-electron chi connectivity index (χ1n) is 6.75. The van der Waals surface area contributed by atoms with Crippen molar-refractivity contribution in [1.29, 1.82) is 0 Å². The Hall–Kier alpha value is -2.21. The van der Waals surface area contributed by atoms with Gasteiger partial charge >= 0.3 is 0 Å². The number of nitrogens with two attached hydrogens (primary N) is 1. The van der Waals surface area contributed by atoms with E-state index in [4.69, 9.17) is 5.73 Å². The summed E-state index contributed by atoms with van der Waals surface area (Å²) in [5.41, 5.74) is 8.53. The average molecular weight is 271 g/mol. The van der Waals surface area contributed by atoms with E-state index in [-0.39, 0.29) is 12.5 Å². The van der Waals surface area contributed by atoms with Gasteiger partial charge in [0.25, 0.3) is 0 Å². The molecule has 104 valence electrons. The van der Waals surface area contributed by atoms with E-state index in [0.717, 1.165) is 24.3 Å². The second-order valence-corrected chi connectivity index (χ2v) is 4.87. The molecule has 1 aromatic heterocycles. The van der Waals surface area contributed by atoms with Crippen LogP contribution in [0.5, 0.6) is 0 Å². The zero-order valence-corrected chi connectivity index (χ0v) is 11.2. The Balaban J connectivity index is 1.71. The summed E-state index contributed by atoms with van der Waals surface area (Å²) in [7, 11) is 0. The number of hydrogen-bond acceptors (Lipinski definition) is 4. The van der Waals surface area contributed by atoms with Crippen molar-refractivity contribution >= 4 is 11.6 Å². The average Bonchev–Trinajstić information content (AvgIpc) is 3.06. The van der Waals surface area contributed by atoms with Gasteiger partial charge in [-0.1, -0.05) is 23.4 Å². The Bertz CT molecular complexity index is 622. The molecule has 2 N–H and O–H groups in total. The predicted octanol–water partition coefficient (Wildman–Crippen LogP) is 0.369. The Morgan fingerprint density at radius 3 is 3.05 bits per heavy atom. The van der Waals surface area contributed by atoms with Crippen LogP contribution in [0.4, 0.5) is 5.69 Å². The topological polar surface area (TPSA) is 77.0 Å². The molecule has 6 heteroatoms. The van der Waals surface area contributed by atoms with Crippen LogP contribution in [-0.2, 0) is 24.2 Å². The maximum atomic E-state index is 12.4. The third-order valence-electron chi connectivity index (χ3n) is 3.47. The molecule has 2 heterocycles. The first-order chi connectivity index (χ1) is 9.78. The van der Waals surface area contributed by atoms with Crippen molar-refractivity contribution in [3.05, 3.63) is 41.7 Å². The quantitative estimate of drug-likeness (QED) is 0.871. The normalized spacial score (nSPS) is 13.6. The molecular weight excluding hydrogens is 254 g/mol. The number of hydrogen-bond donors (Lipinski definition) is 1. The van der Waals surface area contributed by atoms with Crippen LogP contribution in [0, 0.1) is 0 Å². The molecule has 0 spiro atoms. The minimum atomic E-state index is 0.0409. The molecule has 1 aliphatic rings. The van der Waals surface area contributed by atoms with E-state index in [1.807, 2.05) is 23.1 Å². The maximum absolute atomic E-state index is 12.4. The van der Waals surface area contributed by atoms with E-state index in [9.17, 15) is 4.79 Å². The number of anilines is 1. The van der Waals surface area contributed by atoms with Gasteiger partial charge in [-0.15, -0.1) is 5.10 Å². The molecule has 1 aliphatic heterocycles. The summed E-state index contributed by atoms with van der Waals surface area (Å²) in [6.07, 6.45) is 3.38. The minimum absolute atomic E-state index is 0.0409. The minimum Gasteiger partial charge on any atom is -0.330 e. The third-order valence-corrected chi connectivity index (χ3v) is 3.47. The summed E-state index contributed by atoms with van der Waals surface area (Å²) < 4.78 is 1.58. The number of benzene rings is 1. The van der Waals surface area contributed by atoms with E-state index in [2.05, 4.69) is 16.4 Å². The van der Waals surface area contributed by atoms with Crippen LogP contribution in [0.25, 0.3) is 0 Å². The number of carbonyl (C=O) groups excluding carboxylic acids is 1. The van der Waals surface area contributed by atoms with E-state index in [0.29, 0.717) is 13.0 Å². The molecule has 1 amide bonds. The summed E-state index contributed by atoms with van der Waals surface area (Å²) in [6.45, 7) is 1.49. The molecule has 1 aromatic carbocycles. The van der Waals surface area contributed by atoms with E-state index in [1.165, 1.54) is 5.56 Å². The van der Waals surface area contributed by atoms with E-state index >= 15 is 0 Å². The standard InChI is InChI=1S/C14H17N5O/c15-7-5-12-9-18(17-16-12)10-14(20)19-8-6-11-3-1-2-4-13(11)19/h1-4,9H,5-8,10,15H2.